The fourth-order valence-corrected chi connectivity index (χ4v) is 6.85. The summed E-state index contributed by atoms with van der Waals surface area (Å²) in [6, 6.07) is 4.78. The van der Waals surface area contributed by atoms with Crippen molar-refractivity contribution in [2.75, 3.05) is 13.2 Å². The smallest absolute Gasteiger partial charge is 0.338 e. The van der Waals surface area contributed by atoms with Gasteiger partial charge in [0, 0.05) is 17.8 Å². The highest BCUT2D eigenvalue weighted by molar-refractivity contribution is 5.89. The molecule has 6 rings (SSSR count). The number of aryl methyl sites for hydroxylation is 1. The SMILES string of the molecule is CCc1c2c(nc3ccc(O[C@@H]4O[C@H](CO)[C@H](O)[C@H](O)[C@H]4O)cc13)C1CC3C(COC(=O)[C@]3(O)CC)C(=O)N1C2. The molecule has 4 aliphatic rings. The van der Waals surface area contributed by atoms with Crippen LogP contribution >= 0.6 is 0 Å². The number of fused-ring (bicyclic) bond motifs is 5. The summed E-state index contributed by atoms with van der Waals surface area (Å²) in [5.41, 5.74) is 1.61. The minimum absolute atomic E-state index is 0.0428. The number of nitrogens with zero attached hydrogens (tertiary/aromatic N) is 2. The van der Waals surface area contributed by atoms with Gasteiger partial charge in [0.05, 0.1) is 29.8 Å². The predicted octanol–water partition coefficient (Wildman–Crippen LogP) is -0.307. The van der Waals surface area contributed by atoms with Gasteiger partial charge in [0.1, 0.15) is 36.8 Å². The van der Waals surface area contributed by atoms with E-state index in [9.17, 15) is 35.1 Å². The number of piperidine rings is 1. The highest BCUT2D eigenvalue weighted by atomic mass is 16.7. The molecule has 5 heterocycles. The van der Waals surface area contributed by atoms with E-state index in [1.165, 1.54) is 0 Å². The van der Waals surface area contributed by atoms with Crippen LogP contribution in [0.25, 0.3) is 10.9 Å². The molecule has 12 heteroatoms. The van der Waals surface area contributed by atoms with Crippen molar-refractivity contribution in [2.24, 2.45) is 11.8 Å². The summed E-state index contributed by atoms with van der Waals surface area (Å²) >= 11 is 0. The van der Waals surface area contributed by atoms with Crippen molar-refractivity contribution in [3.05, 3.63) is 35.0 Å². The van der Waals surface area contributed by atoms with Crippen LogP contribution in [-0.4, -0.2) is 96.8 Å². The van der Waals surface area contributed by atoms with Gasteiger partial charge in [-0.3, -0.25) is 9.78 Å². The summed E-state index contributed by atoms with van der Waals surface area (Å²) in [7, 11) is 0. The lowest BCUT2D eigenvalue weighted by Crippen LogP contribution is -2.61. The van der Waals surface area contributed by atoms with Crippen molar-refractivity contribution in [2.45, 2.75) is 82.0 Å². The number of carbonyl (C=O) groups is 2. The van der Waals surface area contributed by atoms with Crippen LogP contribution in [0.4, 0.5) is 0 Å². The number of aliphatic hydroxyl groups is 5. The Balaban J connectivity index is 1.34. The zero-order chi connectivity index (χ0) is 28.5. The fraction of sp³-hybridized carbons (Fsp3) is 0.607. The Bertz CT molecular complexity index is 1350. The average Bonchev–Trinajstić information content (AvgIpc) is 3.32. The van der Waals surface area contributed by atoms with Crippen LogP contribution in [0.3, 0.4) is 0 Å². The Morgan fingerprint density at radius 2 is 1.93 bits per heavy atom. The molecule has 1 amide bonds. The van der Waals surface area contributed by atoms with Gasteiger partial charge in [-0.1, -0.05) is 13.8 Å². The maximum Gasteiger partial charge on any atom is 0.338 e. The van der Waals surface area contributed by atoms with Gasteiger partial charge < -0.3 is 44.6 Å². The number of esters is 1. The lowest BCUT2D eigenvalue weighted by atomic mass is 9.69. The summed E-state index contributed by atoms with van der Waals surface area (Å²) in [5.74, 6) is -1.67. The molecule has 3 unspecified atom stereocenters. The van der Waals surface area contributed by atoms with Crippen LogP contribution < -0.4 is 4.74 Å². The van der Waals surface area contributed by atoms with Crippen LogP contribution in [0, 0.1) is 11.8 Å². The largest absolute Gasteiger partial charge is 0.463 e. The molecule has 9 atom stereocenters. The second-order valence-corrected chi connectivity index (χ2v) is 11.1. The third-order valence-corrected chi connectivity index (χ3v) is 9.15. The zero-order valence-electron chi connectivity index (χ0n) is 22.3. The van der Waals surface area contributed by atoms with E-state index < -0.39 is 60.7 Å². The Morgan fingerprint density at radius 3 is 2.62 bits per heavy atom. The average molecular weight is 559 g/mol. The minimum Gasteiger partial charge on any atom is -0.463 e. The Labute approximate surface area is 230 Å². The van der Waals surface area contributed by atoms with Gasteiger partial charge in [-0.2, -0.15) is 0 Å². The zero-order valence-corrected chi connectivity index (χ0v) is 22.3. The first-order chi connectivity index (χ1) is 19.1. The molecule has 0 spiro atoms. The molecule has 0 saturated carbocycles. The van der Waals surface area contributed by atoms with Crippen LogP contribution in [-0.2, 0) is 32.0 Å². The van der Waals surface area contributed by atoms with Crippen molar-refractivity contribution >= 4 is 22.8 Å². The third-order valence-electron chi connectivity index (χ3n) is 9.15. The molecule has 1 aromatic heterocycles. The lowest BCUT2D eigenvalue weighted by Gasteiger charge is -2.48. The molecule has 2 aromatic rings. The maximum absolute atomic E-state index is 13.6. The minimum atomic E-state index is -1.71. The van der Waals surface area contributed by atoms with Crippen molar-refractivity contribution in [3.63, 3.8) is 0 Å². The molecule has 0 aliphatic carbocycles. The molecule has 4 aliphatic heterocycles. The first kappa shape index (κ1) is 27.3. The van der Waals surface area contributed by atoms with E-state index in [-0.39, 0.29) is 25.0 Å². The number of aromatic nitrogens is 1. The Morgan fingerprint density at radius 1 is 1.15 bits per heavy atom. The second kappa shape index (κ2) is 9.89. The molecule has 216 valence electrons. The fourth-order valence-electron chi connectivity index (χ4n) is 6.85. The van der Waals surface area contributed by atoms with Crippen molar-refractivity contribution in [1.29, 1.82) is 0 Å². The second-order valence-electron chi connectivity index (χ2n) is 11.1. The number of hydrogen-bond donors (Lipinski definition) is 5. The van der Waals surface area contributed by atoms with Crippen molar-refractivity contribution < 1.29 is 49.3 Å². The first-order valence-corrected chi connectivity index (χ1v) is 13.8. The van der Waals surface area contributed by atoms with E-state index in [1.54, 1.807) is 30.0 Å². The molecule has 3 saturated heterocycles. The van der Waals surface area contributed by atoms with E-state index in [4.69, 9.17) is 19.2 Å². The third kappa shape index (κ3) is 3.92. The number of pyridine rings is 1. The van der Waals surface area contributed by atoms with Gasteiger partial charge in [0.25, 0.3) is 0 Å². The van der Waals surface area contributed by atoms with Gasteiger partial charge in [0.2, 0.25) is 12.2 Å². The molecule has 1 aromatic carbocycles. The van der Waals surface area contributed by atoms with Gasteiger partial charge in [-0.25, -0.2) is 4.79 Å². The monoisotopic (exact) mass is 558 g/mol. The summed E-state index contributed by atoms with van der Waals surface area (Å²) in [4.78, 5) is 32.8. The molecular formula is C28H34N2O10. The summed E-state index contributed by atoms with van der Waals surface area (Å²) in [6.07, 6.45) is -5.81. The quantitative estimate of drug-likeness (QED) is 0.304. The Kier molecular flexibility index (Phi) is 6.75. The van der Waals surface area contributed by atoms with Gasteiger partial charge in [-0.05, 0) is 48.6 Å². The van der Waals surface area contributed by atoms with Gasteiger partial charge in [-0.15, -0.1) is 0 Å². The molecule has 12 nitrogen and oxygen atoms in total. The van der Waals surface area contributed by atoms with Crippen molar-refractivity contribution in [3.8, 4) is 5.75 Å². The number of ether oxygens (including phenoxy) is 3. The van der Waals surface area contributed by atoms with Crippen LogP contribution in [0.1, 0.15) is 49.6 Å². The van der Waals surface area contributed by atoms with Crippen LogP contribution in [0.15, 0.2) is 18.2 Å². The number of aliphatic hydroxyl groups excluding tert-OH is 4. The van der Waals surface area contributed by atoms with E-state index >= 15 is 0 Å². The predicted molar refractivity (Wildman–Crippen MR) is 137 cm³/mol. The highest BCUT2D eigenvalue weighted by Crippen LogP contribution is 2.51. The van der Waals surface area contributed by atoms with Crippen LogP contribution in [0.2, 0.25) is 0 Å². The van der Waals surface area contributed by atoms with E-state index in [2.05, 4.69) is 0 Å². The number of benzene rings is 1. The number of rotatable bonds is 5. The topological polar surface area (TPSA) is 179 Å². The Hall–Kier alpha value is -2.87. The standard InChI is InChI=1S/C28H34N2O10/c1-3-13-14-7-12(39-26-24(34)23(33)22(32)20(10-31)40-26)5-6-18(14)29-21-15(13)9-30-19(21)8-17-16(25(30)35)11-38-27(36)28(17,37)4-2/h5-7,16-17,19-20,22-24,26,31-34,37H,3-4,8-11H2,1-2H3/t16?,17?,19?,20-,22+,23+,24-,26-,28+/m1/s1. The van der Waals surface area contributed by atoms with E-state index in [0.717, 1.165) is 22.2 Å². The summed E-state index contributed by atoms with van der Waals surface area (Å²) in [5, 5.41) is 52.0. The normalized spacial score (nSPS) is 37.1. The number of hydrogen-bond acceptors (Lipinski definition) is 11. The highest BCUT2D eigenvalue weighted by Gasteiger charge is 2.59. The molecule has 3 fully saturated rings. The first-order valence-electron chi connectivity index (χ1n) is 13.8. The van der Waals surface area contributed by atoms with Gasteiger partial charge in [0.15, 0.2) is 5.60 Å². The van der Waals surface area contributed by atoms with E-state index in [1.807, 2.05) is 6.92 Å². The molecule has 0 bridgehead atoms. The molecule has 5 N–H and O–H groups in total. The number of amides is 1. The van der Waals surface area contributed by atoms with Crippen molar-refractivity contribution in [1.82, 2.24) is 9.88 Å². The molecular weight excluding hydrogens is 524 g/mol. The molecule has 40 heavy (non-hydrogen) atoms. The lowest BCUT2D eigenvalue weighted by molar-refractivity contribution is -0.277. The number of carbonyl (C=O) groups excluding carboxylic acids is 2. The number of cyclic esters (lactones) is 1. The summed E-state index contributed by atoms with van der Waals surface area (Å²) < 4.78 is 16.6. The summed E-state index contributed by atoms with van der Waals surface area (Å²) in [6.45, 7) is 3.46. The molecule has 0 radical (unpaired) electrons. The van der Waals surface area contributed by atoms with Crippen LogP contribution in [0.5, 0.6) is 5.75 Å². The van der Waals surface area contributed by atoms with Gasteiger partial charge >= 0.3 is 5.97 Å². The van der Waals surface area contributed by atoms with E-state index in [0.29, 0.717) is 30.7 Å². The maximum atomic E-state index is 13.6.